The molecular formula is C22H22BrN3O3S. The Hall–Kier alpha value is -2.42. The molecule has 2 heterocycles. The zero-order valence-corrected chi connectivity index (χ0v) is 18.7. The molecule has 1 aromatic heterocycles. The van der Waals surface area contributed by atoms with Crippen molar-refractivity contribution in [3.8, 4) is 0 Å². The van der Waals surface area contributed by atoms with Crippen molar-refractivity contribution in [3.05, 3.63) is 88.7 Å². The average Bonchev–Trinajstić information content (AvgIpc) is 3.22. The molecular weight excluding hydrogens is 466 g/mol. The van der Waals surface area contributed by atoms with E-state index < -0.39 is 10.0 Å². The van der Waals surface area contributed by atoms with E-state index in [1.807, 2.05) is 53.2 Å². The first-order valence-electron chi connectivity index (χ1n) is 9.69. The maximum Gasteiger partial charge on any atom is 0.270 e. The maximum atomic E-state index is 13.1. The summed E-state index contributed by atoms with van der Waals surface area (Å²) < 4.78 is 29.9. The molecule has 8 heteroatoms. The molecule has 30 heavy (non-hydrogen) atoms. The number of rotatable bonds is 5. The van der Waals surface area contributed by atoms with Crippen molar-refractivity contribution in [1.82, 2.24) is 13.8 Å². The molecule has 0 N–H and O–H groups in total. The molecule has 0 aliphatic carbocycles. The van der Waals surface area contributed by atoms with Crippen LogP contribution in [0.4, 0.5) is 0 Å². The van der Waals surface area contributed by atoms with Crippen molar-refractivity contribution < 1.29 is 13.2 Å². The van der Waals surface area contributed by atoms with E-state index in [2.05, 4.69) is 15.9 Å². The number of carbonyl (C=O) groups is 1. The first-order chi connectivity index (χ1) is 14.4. The molecule has 1 amide bonds. The predicted molar refractivity (Wildman–Crippen MR) is 119 cm³/mol. The Kier molecular flexibility index (Phi) is 6.08. The van der Waals surface area contributed by atoms with Crippen LogP contribution in [0.3, 0.4) is 0 Å². The van der Waals surface area contributed by atoms with Crippen LogP contribution in [0.15, 0.2) is 82.3 Å². The van der Waals surface area contributed by atoms with Crippen LogP contribution in [0.5, 0.6) is 0 Å². The number of benzene rings is 2. The van der Waals surface area contributed by atoms with Gasteiger partial charge in [0.15, 0.2) is 0 Å². The monoisotopic (exact) mass is 487 g/mol. The Morgan fingerprint density at radius 2 is 1.63 bits per heavy atom. The van der Waals surface area contributed by atoms with Crippen LogP contribution in [-0.2, 0) is 16.6 Å². The molecule has 0 bridgehead atoms. The lowest BCUT2D eigenvalue weighted by atomic mass is 10.2. The molecule has 3 aromatic rings. The quantitative estimate of drug-likeness (QED) is 0.553. The summed E-state index contributed by atoms with van der Waals surface area (Å²) in [7, 11) is -3.58. The average molecular weight is 488 g/mol. The maximum absolute atomic E-state index is 13.1. The molecule has 4 rings (SSSR count). The number of nitrogens with zero attached hydrogens (tertiary/aromatic N) is 3. The first kappa shape index (κ1) is 20.8. The molecule has 1 aliphatic rings. The summed E-state index contributed by atoms with van der Waals surface area (Å²) in [5.74, 6) is -0.0737. The zero-order chi connectivity index (χ0) is 21.1. The van der Waals surface area contributed by atoms with Crippen LogP contribution in [-0.4, -0.2) is 54.3 Å². The third-order valence-electron chi connectivity index (χ3n) is 5.20. The molecule has 0 saturated carbocycles. The van der Waals surface area contributed by atoms with Gasteiger partial charge < -0.3 is 9.47 Å². The Morgan fingerprint density at radius 1 is 0.900 bits per heavy atom. The Bertz CT molecular complexity index is 1140. The first-order valence-corrected chi connectivity index (χ1v) is 11.9. The third kappa shape index (κ3) is 4.35. The van der Waals surface area contributed by atoms with Crippen LogP contribution in [0, 0.1) is 0 Å². The highest BCUT2D eigenvalue weighted by molar-refractivity contribution is 9.10. The van der Waals surface area contributed by atoms with Gasteiger partial charge in [0.25, 0.3) is 5.91 Å². The van der Waals surface area contributed by atoms with Crippen LogP contribution in [0.25, 0.3) is 0 Å². The number of amides is 1. The molecule has 2 aromatic carbocycles. The number of hydrogen-bond acceptors (Lipinski definition) is 3. The third-order valence-corrected chi connectivity index (χ3v) is 7.59. The fourth-order valence-corrected chi connectivity index (χ4v) is 5.62. The Balaban J connectivity index is 1.44. The lowest BCUT2D eigenvalue weighted by Gasteiger charge is -2.34. The number of hydrogen-bond donors (Lipinski definition) is 0. The van der Waals surface area contributed by atoms with Gasteiger partial charge in [-0.25, -0.2) is 8.42 Å². The second kappa shape index (κ2) is 8.75. The van der Waals surface area contributed by atoms with Gasteiger partial charge >= 0.3 is 0 Å². The molecule has 0 spiro atoms. The minimum Gasteiger partial charge on any atom is -0.339 e. The van der Waals surface area contributed by atoms with E-state index in [1.165, 1.54) is 4.31 Å². The van der Waals surface area contributed by atoms with Crippen LogP contribution in [0.2, 0.25) is 0 Å². The fraction of sp³-hybridized carbons (Fsp3) is 0.227. The van der Waals surface area contributed by atoms with E-state index in [-0.39, 0.29) is 23.9 Å². The van der Waals surface area contributed by atoms with Gasteiger partial charge in [0.05, 0.1) is 4.90 Å². The smallest absolute Gasteiger partial charge is 0.270 e. The molecule has 6 nitrogen and oxygen atoms in total. The van der Waals surface area contributed by atoms with Crippen molar-refractivity contribution >= 4 is 31.9 Å². The van der Waals surface area contributed by atoms with E-state index in [4.69, 9.17) is 0 Å². The summed E-state index contributed by atoms with van der Waals surface area (Å²) in [5.41, 5.74) is 1.73. The van der Waals surface area contributed by atoms with Gasteiger partial charge in [-0.1, -0.05) is 52.3 Å². The van der Waals surface area contributed by atoms with Gasteiger partial charge in [-0.2, -0.15) is 4.31 Å². The molecule has 156 valence electrons. The van der Waals surface area contributed by atoms with Gasteiger partial charge in [0.2, 0.25) is 10.0 Å². The normalized spacial score (nSPS) is 15.3. The van der Waals surface area contributed by atoms with Gasteiger partial charge in [-0.05, 0) is 35.9 Å². The number of sulfonamides is 1. The topological polar surface area (TPSA) is 62.6 Å². The highest BCUT2D eigenvalue weighted by atomic mass is 79.9. The lowest BCUT2D eigenvalue weighted by molar-refractivity contribution is 0.0687. The predicted octanol–water partition coefficient (Wildman–Crippen LogP) is 3.45. The minimum absolute atomic E-state index is 0.0737. The van der Waals surface area contributed by atoms with Crippen LogP contribution >= 0.6 is 15.9 Å². The van der Waals surface area contributed by atoms with Crippen LogP contribution < -0.4 is 0 Å². The summed E-state index contributed by atoms with van der Waals surface area (Å²) in [6.45, 7) is 1.90. The van der Waals surface area contributed by atoms with E-state index in [0.29, 0.717) is 25.3 Å². The summed E-state index contributed by atoms with van der Waals surface area (Å²) in [6.07, 6.45) is 1.90. The van der Waals surface area contributed by atoms with E-state index in [9.17, 15) is 13.2 Å². The molecule has 1 fully saturated rings. The van der Waals surface area contributed by atoms with E-state index in [0.717, 1.165) is 10.0 Å². The fourth-order valence-electron chi connectivity index (χ4n) is 3.60. The largest absolute Gasteiger partial charge is 0.339 e. The number of aromatic nitrogens is 1. The van der Waals surface area contributed by atoms with Gasteiger partial charge in [-0.3, -0.25) is 4.79 Å². The highest BCUT2D eigenvalue weighted by Gasteiger charge is 2.31. The van der Waals surface area contributed by atoms with E-state index in [1.54, 1.807) is 29.2 Å². The summed E-state index contributed by atoms with van der Waals surface area (Å²) in [4.78, 5) is 15.1. The van der Waals surface area contributed by atoms with Crippen LogP contribution in [0.1, 0.15) is 16.1 Å². The summed E-state index contributed by atoms with van der Waals surface area (Å²) in [5, 5.41) is 0. The second-order valence-corrected chi connectivity index (χ2v) is 10.0. The van der Waals surface area contributed by atoms with Crippen molar-refractivity contribution in [2.45, 2.75) is 11.4 Å². The zero-order valence-electron chi connectivity index (χ0n) is 16.3. The van der Waals surface area contributed by atoms with Gasteiger partial charge in [0.1, 0.15) is 5.69 Å². The standard InChI is InChI=1S/C22H22BrN3O3S/c23-19-8-4-9-20(16-19)30(28,29)26-14-12-24(13-15-26)22(27)21-10-5-11-25(21)17-18-6-2-1-3-7-18/h1-11,16H,12-15,17H2. The minimum atomic E-state index is -3.58. The number of carbonyl (C=O) groups excluding carboxylic acids is 1. The van der Waals surface area contributed by atoms with Crippen molar-refractivity contribution in [3.63, 3.8) is 0 Å². The molecule has 1 saturated heterocycles. The Morgan fingerprint density at radius 3 is 2.33 bits per heavy atom. The summed E-state index contributed by atoms with van der Waals surface area (Å²) >= 11 is 3.32. The Labute approximate surface area is 184 Å². The molecule has 0 unspecified atom stereocenters. The van der Waals surface area contributed by atoms with Gasteiger partial charge in [-0.15, -0.1) is 0 Å². The molecule has 1 aliphatic heterocycles. The molecule has 0 radical (unpaired) electrons. The molecule has 0 atom stereocenters. The number of halogens is 1. The SMILES string of the molecule is O=C(c1cccn1Cc1ccccc1)N1CCN(S(=O)(=O)c2cccc(Br)c2)CC1. The second-order valence-electron chi connectivity index (χ2n) is 7.16. The number of piperazine rings is 1. The van der Waals surface area contributed by atoms with Crippen molar-refractivity contribution in [2.24, 2.45) is 0 Å². The van der Waals surface area contributed by atoms with E-state index >= 15 is 0 Å². The summed E-state index contributed by atoms with van der Waals surface area (Å²) in [6, 6.07) is 20.3. The highest BCUT2D eigenvalue weighted by Crippen LogP contribution is 2.22. The lowest BCUT2D eigenvalue weighted by Crippen LogP contribution is -2.50. The van der Waals surface area contributed by atoms with Crippen molar-refractivity contribution in [2.75, 3.05) is 26.2 Å². The van der Waals surface area contributed by atoms with Crippen molar-refractivity contribution in [1.29, 1.82) is 0 Å². The van der Waals surface area contributed by atoms with Gasteiger partial charge in [0, 0.05) is 43.4 Å².